The van der Waals surface area contributed by atoms with Crippen molar-refractivity contribution >= 4 is 17.3 Å². The maximum absolute atomic E-state index is 11.9. The van der Waals surface area contributed by atoms with Crippen molar-refractivity contribution in [1.29, 1.82) is 0 Å². The zero-order valence-corrected chi connectivity index (χ0v) is 12.1. The van der Waals surface area contributed by atoms with E-state index in [2.05, 4.69) is 10.3 Å². The third kappa shape index (κ3) is 2.47. The van der Waals surface area contributed by atoms with Crippen LogP contribution >= 0.6 is 0 Å². The monoisotopic (exact) mass is 288 g/mol. The molecule has 3 heterocycles. The highest BCUT2D eigenvalue weighted by molar-refractivity contribution is 5.95. The lowest BCUT2D eigenvalue weighted by Gasteiger charge is -2.14. The lowest BCUT2D eigenvalue weighted by Crippen LogP contribution is -2.21. The summed E-state index contributed by atoms with van der Waals surface area (Å²) in [5, 5.41) is 3.42. The summed E-state index contributed by atoms with van der Waals surface area (Å²) >= 11 is 0. The Kier molecular flexibility index (Phi) is 3.79. The molecule has 1 aliphatic rings. The van der Waals surface area contributed by atoms with Crippen molar-refractivity contribution in [3.63, 3.8) is 0 Å². The summed E-state index contributed by atoms with van der Waals surface area (Å²) in [6.07, 6.45) is 3.35. The lowest BCUT2D eigenvalue weighted by molar-refractivity contribution is 0.0596. The number of nitrogens with zero attached hydrogens (tertiary/aromatic N) is 2. The summed E-state index contributed by atoms with van der Waals surface area (Å²) in [6.45, 7) is 1.88. The Hall–Kier alpha value is -2.08. The molecule has 6 nitrogen and oxygen atoms in total. The molecule has 2 aromatic heterocycles. The van der Waals surface area contributed by atoms with E-state index in [1.165, 1.54) is 13.5 Å². The number of carbonyl (C=O) groups excluding carboxylic acids is 1. The Labute approximate surface area is 123 Å². The number of carbonyl (C=O) groups is 1. The van der Waals surface area contributed by atoms with Crippen molar-refractivity contribution in [1.82, 2.24) is 14.7 Å². The highest BCUT2D eigenvalue weighted by Gasteiger charge is 2.25. The molecule has 1 fully saturated rings. The number of fused-ring (bicyclic) bond motifs is 1. The van der Waals surface area contributed by atoms with Gasteiger partial charge < -0.3 is 15.8 Å². The average Bonchev–Trinajstić information content (AvgIpc) is 2.70. The van der Waals surface area contributed by atoms with E-state index >= 15 is 0 Å². The number of hydrogen-bond acceptors (Lipinski definition) is 5. The molecule has 1 unspecified atom stereocenters. The first kappa shape index (κ1) is 13.9. The van der Waals surface area contributed by atoms with E-state index in [1.807, 2.05) is 22.6 Å². The fourth-order valence-corrected chi connectivity index (χ4v) is 2.95. The standard InChI is InChI=1S/C15H20N4O2/c1-21-15(20)13-11-6-4-7-12(16)19(11)14(18-13)10-5-2-3-8-17-9-10/h4,6-7,10,17H,2-3,5,8-9,16H2,1H3. The minimum absolute atomic E-state index is 0.253. The number of methoxy groups -OCH3 is 1. The zero-order valence-electron chi connectivity index (χ0n) is 12.1. The number of hydrogen-bond donors (Lipinski definition) is 2. The number of ether oxygens (including phenoxy) is 1. The van der Waals surface area contributed by atoms with Gasteiger partial charge in [-0.2, -0.15) is 0 Å². The summed E-state index contributed by atoms with van der Waals surface area (Å²) in [5.74, 6) is 1.27. The van der Waals surface area contributed by atoms with Gasteiger partial charge in [-0.3, -0.25) is 4.40 Å². The lowest BCUT2D eigenvalue weighted by atomic mass is 10.0. The van der Waals surface area contributed by atoms with Crippen LogP contribution in [0.25, 0.3) is 5.52 Å². The fourth-order valence-electron chi connectivity index (χ4n) is 2.95. The number of aromatic nitrogens is 2. The minimum Gasteiger partial charge on any atom is -0.464 e. The first-order valence-corrected chi connectivity index (χ1v) is 7.28. The van der Waals surface area contributed by atoms with Crippen LogP contribution in [0.5, 0.6) is 0 Å². The second-order valence-electron chi connectivity index (χ2n) is 5.38. The Morgan fingerprint density at radius 1 is 1.48 bits per heavy atom. The number of nitrogens with two attached hydrogens (primary N) is 1. The van der Waals surface area contributed by atoms with Crippen molar-refractivity contribution in [3.05, 3.63) is 29.7 Å². The van der Waals surface area contributed by atoms with Crippen molar-refractivity contribution < 1.29 is 9.53 Å². The topological polar surface area (TPSA) is 81.6 Å². The predicted molar refractivity (Wildman–Crippen MR) is 80.4 cm³/mol. The molecule has 1 atom stereocenters. The number of nitrogen functional groups attached to an aromatic ring is 1. The number of imidazole rings is 1. The summed E-state index contributed by atoms with van der Waals surface area (Å²) in [5.41, 5.74) is 7.15. The fraction of sp³-hybridized carbons (Fsp3) is 0.467. The highest BCUT2D eigenvalue weighted by atomic mass is 16.5. The molecule has 0 aliphatic carbocycles. The summed E-state index contributed by atoms with van der Waals surface area (Å²) in [7, 11) is 1.37. The number of rotatable bonds is 2. The molecule has 21 heavy (non-hydrogen) atoms. The predicted octanol–water partition coefficient (Wildman–Crippen LogP) is 1.56. The van der Waals surface area contributed by atoms with Crippen LogP contribution < -0.4 is 11.1 Å². The van der Waals surface area contributed by atoms with Crippen LogP contribution in [0.2, 0.25) is 0 Å². The Morgan fingerprint density at radius 2 is 2.33 bits per heavy atom. The van der Waals surface area contributed by atoms with E-state index in [-0.39, 0.29) is 5.92 Å². The average molecular weight is 288 g/mol. The molecule has 0 aromatic carbocycles. The third-order valence-corrected chi connectivity index (χ3v) is 4.01. The van der Waals surface area contributed by atoms with Crippen LogP contribution in [-0.4, -0.2) is 35.6 Å². The van der Waals surface area contributed by atoms with Gasteiger partial charge in [0.05, 0.1) is 12.6 Å². The highest BCUT2D eigenvalue weighted by Crippen LogP contribution is 2.27. The number of anilines is 1. The van der Waals surface area contributed by atoms with E-state index in [4.69, 9.17) is 10.5 Å². The summed E-state index contributed by atoms with van der Waals surface area (Å²) in [6, 6.07) is 5.50. The largest absolute Gasteiger partial charge is 0.464 e. The third-order valence-electron chi connectivity index (χ3n) is 4.01. The Bertz CT molecular complexity index is 657. The van der Waals surface area contributed by atoms with Crippen molar-refractivity contribution in [2.45, 2.75) is 25.2 Å². The van der Waals surface area contributed by atoms with Gasteiger partial charge in [0, 0.05) is 12.5 Å². The van der Waals surface area contributed by atoms with E-state index in [9.17, 15) is 4.79 Å². The van der Waals surface area contributed by atoms with Crippen molar-refractivity contribution in [3.8, 4) is 0 Å². The van der Waals surface area contributed by atoms with Crippen LogP contribution in [0.15, 0.2) is 18.2 Å². The summed E-state index contributed by atoms with van der Waals surface area (Å²) in [4.78, 5) is 16.5. The van der Waals surface area contributed by atoms with Gasteiger partial charge >= 0.3 is 5.97 Å². The van der Waals surface area contributed by atoms with E-state index in [0.29, 0.717) is 17.0 Å². The summed E-state index contributed by atoms with van der Waals surface area (Å²) < 4.78 is 6.72. The molecule has 2 aromatic rings. The van der Waals surface area contributed by atoms with Gasteiger partial charge in [0.2, 0.25) is 0 Å². The van der Waals surface area contributed by atoms with Gasteiger partial charge in [-0.1, -0.05) is 12.5 Å². The molecule has 0 saturated carbocycles. The van der Waals surface area contributed by atoms with Gasteiger partial charge in [-0.25, -0.2) is 9.78 Å². The molecule has 1 saturated heterocycles. The van der Waals surface area contributed by atoms with E-state index in [1.54, 1.807) is 0 Å². The van der Waals surface area contributed by atoms with Gasteiger partial charge in [0.25, 0.3) is 0 Å². The van der Waals surface area contributed by atoms with Gasteiger partial charge in [-0.15, -0.1) is 0 Å². The molecular formula is C15H20N4O2. The molecule has 1 aliphatic heterocycles. The molecular weight excluding hydrogens is 268 g/mol. The molecule has 0 bridgehead atoms. The number of nitrogens with one attached hydrogen (secondary N) is 1. The van der Waals surface area contributed by atoms with Gasteiger partial charge in [0.15, 0.2) is 5.69 Å². The maximum atomic E-state index is 11.9. The number of pyridine rings is 1. The normalized spacial score (nSPS) is 19.4. The Balaban J connectivity index is 2.15. The smallest absolute Gasteiger partial charge is 0.358 e. The van der Waals surface area contributed by atoms with Crippen LogP contribution in [0.3, 0.4) is 0 Å². The SMILES string of the molecule is COC(=O)c1nc(C2CCCCNC2)n2c(N)cccc12. The first-order valence-electron chi connectivity index (χ1n) is 7.28. The minimum atomic E-state index is -0.425. The quantitative estimate of drug-likeness (QED) is 0.820. The first-order chi connectivity index (χ1) is 10.2. The van der Waals surface area contributed by atoms with Crippen LogP contribution in [-0.2, 0) is 4.74 Å². The second-order valence-corrected chi connectivity index (χ2v) is 5.38. The molecule has 3 N–H and O–H groups in total. The number of esters is 1. The van der Waals surface area contributed by atoms with E-state index in [0.717, 1.165) is 31.8 Å². The van der Waals surface area contributed by atoms with Crippen LogP contribution in [0, 0.1) is 0 Å². The Morgan fingerprint density at radius 3 is 3.14 bits per heavy atom. The van der Waals surface area contributed by atoms with Crippen LogP contribution in [0.4, 0.5) is 5.82 Å². The van der Waals surface area contributed by atoms with Gasteiger partial charge in [-0.05, 0) is 31.5 Å². The molecule has 112 valence electrons. The zero-order chi connectivity index (χ0) is 14.8. The maximum Gasteiger partial charge on any atom is 0.358 e. The van der Waals surface area contributed by atoms with E-state index < -0.39 is 5.97 Å². The molecule has 0 radical (unpaired) electrons. The van der Waals surface area contributed by atoms with Crippen molar-refractivity contribution in [2.75, 3.05) is 25.9 Å². The second kappa shape index (κ2) is 5.73. The van der Waals surface area contributed by atoms with Crippen molar-refractivity contribution in [2.24, 2.45) is 0 Å². The van der Waals surface area contributed by atoms with Gasteiger partial charge in [0.1, 0.15) is 11.6 Å². The molecule has 3 rings (SSSR count). The molecule has 6 heteroatoms. The van der Waals surface area contributed by atoms with Crippen LogP contribution in [0.1, 0.15) is 41.5 Å². The molecule has 0 amide bonds. The molecule has 0 spiro atoms.